The molecule has 1 aliphatic heterocycles. The monoisotopic (exact) mass is 345 g/mol. The Morgan fingerprint density at radius 2 is 1.54 bits per heavy atom. The van der Waals surface area contributed by atoms with E-state index in [2.05, 4.69) is 0 Å². The van der Waals surface area contributed by atoms with Gasteiger partial charge in [0.1, 0.15) is 5.78 Å². The summed E-state index contributed by atoms with van der Waals surface area (Å²) < 4.78 is 0. The summed E-state index contributed by atoms with van der Waals surface area (Å²) in [6.07, 6.45) is 0.364. The first kappa shape index (κ1) is 15.5. The van der Waals surface area contributed by atoms with Crippen molar-refractivity contribution in [1.29, 1.82) is 0 Å². The second kappa shape index (κ2) is 5.13. The third-order valence-corrected chi connectivity index (χ3v) is 6.51. The average Bonchev–Trinajstić information content (AvgIpc) is 2.90. The second-order valence-corrected chi connectivity index (χ2v) is 7.67. The van der Waals surface area contributed by atoms with Crippen molar-refractivity contribution in [2.75, 3.05) is 4.90 Å². The summed E-state index contributed by atoms with van der Waals surface area (Å²) in [7, 11) is 0. The maximum absolute atomic E-state index is 13.3. The Kier molecular flexibility index (Phi) is 3.06. The van der Waals surface area contributed by atoms with Gasteiger partial charge >= 0.3 is 0 Å². The lowest BCUT2D eigenvalue weighted by Crippen LogP contribution is -2.44. The van der Waals surface area contributed by atoms with Gasteiger partial charge in [0.2, 0.25) is 11.8 Å². The molecule has 0 spiro atoms. The summed E-state index contributed by atoms with van der Waals surface area (Å²) in [6, 6.07) is 13.5. The Hall–Kier alpha value is -2.75. The van der Waals surface area contributed by atoms with Crippen molar-refractivity contribution in [3.8, 4) is 0 Å². The predicted octanol–water partition coefficient (Wildman–Crippen LogP) is 3.26. The molecule has 4 aliphatic rings. The molecule has 4 nitrogen and oxygen atoms in total. The molecule has 0 aromatic heterocycles. The van der Waals surface area contributed by atoms with E-state index in [0.717, 1.165) is 22.3 Å². The molecule has 2 aromatic carbocycles. The van der Waals surface area contributed by atoms with Crippen LogP contribution in [0.1, 0.15) is 40.5 Å². The lowest BCUT2D eigenvalue weighted by Gasteiger charge is -2.43. The van der Waals surface area contributed by atoms with E-state index < -0.39 is 17.8 Å². The third kappa shape index (κ3) is 1.77. The number of carbonyl (C=O) groups is 3. The van der Waals surface area contributed by atoms with Gasteiger partial charge in [-0.15, -0.1) is 0 Å². The average molecular weight is 345 g/mol. The van der Waals surface area contributed by atoms with Crippen LogP contribution in [0.25, 0.3) is 0 Å². The zero-order valence-electron chi connectivity index (χ0n) is 14.7. The number of carbonyl (C=O) groups excluding carboxylic acids is 3. The van der Waals surface area contributed by atoms with Crippen LogP contribution < -0.4 is 4.90 Å². The molecule has 2 aromatic rings. The molecule has 6 rings (SSSR count). The summed E-state index contributed by atoms with van der Waals surface area (Å²) in [4.78, 5) is 40.7. The van der Waals surface area contributed by atoms with Crippen molar-refractivity contribution in [1.82, 2.24) is 0 Å². The van der Waals surface area contributed by atoms with Crippen LogP contribution in [0.5, 0.6) is 0 Å². The van der Waals surface area contributed by atoms with Crippen molar-refractivity contribution in [3.63, 3.8) is 0 Å². The number of Topliss-reactive ketones (excluding diaryl/α,β-unsaturated/α-hetero) is 1. The molecule has 1 heterocycles. The van der Waals surface area contributed by atoms with Crippen LogP contribution in [0.15, 0.2) is 42.5 Å². The second-order valence-electron chi connectivity index (χ2n) is 7.67. The largest absolute Gasteiger partial charge is 0.299 e. The van der Waals surface area contributed by atoms with Crippen LogP contribution in [0, 0.1) is 25.7 Å². The Bertz CT molecular complexity index is 993. The molecule has 26 heavy (non-hydrogen) atoms. The summed E-state index contributed by atoms with van der Waals surface area (Å²) in [5.41, 5.74) is 4.65. The van der Waals surface area contributed by atoms with Crippen LogP contribution >= 0.6 is 0 Å². The van der Waals surface area contributed by atoms with Gasteiger partial charge in [0.05, 0.1) is 23.4 Å². The minimum absolute atomic E-state index is 0.0962. The maximum Gasteiger partial charge on any atom is 0.238 e. The third-order valence-electron chi connectivity index (χ3n) is 6.51. The Labute approximate surface area is 151 Å². The highest BCUT2D eigenvalue weighted by atomic mass is 16.2. The minimum atomic E-state index is -0.552. The molecule has 4 atom stereocenters. The molecule has 3 aliphatic carbocycles. The van der Waals surface area contributed by atoms with Gasteiger partial charge in [-0.25, -0.2) is 4.90 Å². The van der Waals surface area contributed by atoms with Crippen molar-refractivity contribution in [3.05, 3.63) is 64.7 Å². The summed E-state index contributed by atoms with van der Waals surface area (Å²) in [5, 5.41) is 0. The number of rotatable bonds is 1. The van der Waals surface area contributed by atoms with E-state index in [1.165, 1.54) is 4.90 Å². The normalized spacial score (nSPS) is 29.2. The quantitative estimate of drug-likeness (QED) is 0.746. The minimum Gasteiger partial charge on any atom is -0.299 e. The van der Waals surface area contributed by atoms with Gasteiger partial charge in [-0.05, 0) is 42.2 Å². The summed E-state index contributed by atoms with van der Waals surface area (Å²) in [6.45, 7) is 3.90. The van der Waals surface area contributed by atoms with E-state index >= 15 is 0 Å². The number of fused-ring (bicyclic) bond motifs is 1. The first-order valence-corrected chi connectivity index (χ1v) is 9.06. The molecule has 1 saturated carbocycles. The predicted molar refractivity (Wildman–Crippen MR) is 96.9 cm³/mol. The standard InChI is InChI=1S/C22H19NO3/c1-11-6-5-9-16(12(11)2)23-21(25)19-15-10-17(24)18(20(19)22(23)26)14-8-4-3-7-13(14)15/h3-9,15,18-20H,10H2,1-2H3/t15-,18-,19-,20+/m1/s1. The lowest BCUT2D eigenvalue weighted by atomic mass is 9.56. The van der Waals surface area contributed by atoms with E-state index in [9.17, 15) is 14.4 Å². The van der Waals surface area contributed by atoms with Gasteiger partial charge in [0.25, 0.3) is 0 Å². The summed E-state index contributed by atoms with van der Waals surface area (Å²) in [5.74, 6) is -1.90. The van der Waals surface area contributed by atoms with Gasteiger partial charge in [-0.3, -0.25) is 14.4 Å². The molecule has 0 N–H and O–H groups in total. The van der Waals surface area contributed by atoms with Crippen molar-refractivity contribution in [2.24, 2.45) is 11.8 Å². The molecule has 2 fully saturated rings. The summed E-state index contributed by atoms with van der Waals surface area (Å²) >= 11 is 0. The number of aryl methyl sites for hydroxylation is 1. The van der Waals surface area contributed by atoms with Gasteiger partial charge in [0.15, 0.2) is 0 Å². The van der Waals surface area contributed by atoms with Crippen molar-refractivity contribution < 1.29 is 14.4 Å². The van der Waals surface area contributed by atoms with Gasteiger partial charge in [-0.2, -0.15) is 0 Å². The lowest BCUT2D eigenvalue weighted by molar-refractivity contribution is -0.134. The van der Waals surface area contributed by atoms with E-state index in [0.29, 0.717) is 12.1 Å². The number of imide groups is 1. The van der Waals surface area contributed by atoms with Gasteiger partial charge in [-0.1, -0.05) is 36.4 Å². The number of ketones is 1. The van der Waals surface area contributed by atoms with E-state index in [4.69, 9.17) is 0 Å². The fourth-order valence-corrected chi connectivity index (χ4v) is 5.17. The van der Waals surface area contributed by atoms with Crippen molar-refractivity contribution >= 4 is 23.3 Å². The van der Waals surface area contributed by atoms with Crippen LogP contribution in [-0.4, -0.2) is 17.6 Å². The highest BCUT2D eigenvalue weighted by Crippen LogP contribution is 2.57. The highest BCUT2D eigenvalue weighted by Gasteiger charge is 2.62. The number of hydrogen-bond acceptors (Lipinski definition) is 3. The highest BCUT2D eigenvalue weighted by molar-refractivity contribution is 6.25. The molecular weight excluding hydrogens is 326 g/mol. The SMILES string of the molecule is Cc1cccc(N2C(=O)[C@@H]3[C@H](C2=O)[C@@H]2CC(=O)[C@H]3c3ccccc32)c1C. The number of nitrogens with zero attached hydrogens (tertiary/aromatic N) is 1. The Morgan fingerprint density at radius 1 is 0.846 bits per heavy atom. The zero-order valence-corrected chi connectivity index (χ0v) is 14.7. The molecule has 4 heteroatoms. The Balaban J connectivity index is 1.68. The molecule has 2 bridgehead atoms. The van der Waals surface area contributed by atoms with Gasteiger partial charge < -0.3 is 0 Å². The molecular formula is C22H19NO3. The first-order valence-electron chi connectivity index (χ1n) is 9.06. The molecule has 1 saturated heterocycles. The first-order chi connectivity index (χ1) is 12.5. The number of anilines is 1. The van der Waals surface area contributed by atoms with E-state index in [1.54, 1.807) is 0 Å². The van der Waals surface area contributed by atoms with E-state index in [1.807, 2.05) is 56.3 Å². The molecule has 130 valence electrons. The molecule has 2 amide bonds. The fraction of sp³-hybridized carbons (Fsp3) is 0.318. The smallest absolute Gasteiger partial charge is 0.238 e. The maximum atomic E-state index is 13.3. The number of benzene rings is 2. The molecule has 0 unspecified atom stereocenters. The van der Waals surface area contributed by atoms with E-state index in [-0.39, 0.29) is 23.5 Å². The van der Waals surface area contributed by atoms with Gasteiger partial charge in [0, 0.05) is 12.3 Å². The zero-order chi connectivity index (χ0) is 18.2. The molecule has 0 radical (unpaired) electrons. The number of amides is 2. The van der Waals surface area contributed by atoms with Crippen LogP contribution in [0.2, 0.25) is 0 Å². The topological polar surface area (TPSA) is 54.5 Å². The van der Waals surface area contributed by atoms with Crippen molar-refractivity contribution in [2.45, 2.75) is 32.1 Å². The van der Waals surface area contributed by atoms with Crippen LogP contribution in [0.4, 0.5) is 5.69 Å². The Morgan fingerprint density at radius 3 is 2.31 bits per heavy atom. The number of hydrogen-bond donors (Lipinski definition) is 0. The fourth-order valence-electron chi connectivity index (χ4n) is 5.17. The van der Waals surface area contributed by atoms with Crippen LogP contribution in [0.3, 0.4) is 0 Å². The van der Waals surface area contributed by atoms with Crippen LogP contribution in [-0.2, 0) is 14.4 Å².